The molecule has 0 aliphatic carbocycles. The average Bonchev–Trinajstić information content (AvgIpc) is 2.46. The van der Waals surface area contributed by atoms with Crippen molar-refractivity contribution in [3.05, 3.63) is 46.5 Å². The van der Waals surface area contributed by atoms with Crippen molar-refractivity contribution in [3.63, 3.8) is 0 Å². The number of nitrogens with one attached hydrogen (secondary N) is 1. The van der Waals surface area contributed by atoms with Gasteiger partial charge in [0.2, 0.25) is 10.0 Å². The predicted molar refractivity (Wildman–Crippen MR) is 78.7 cm³/mol. The number of ether oxygens (including phenoxy) is 1. The Kier molecular flexibility index (Phi) is 6.20. The largest absolute Gasteiger partial charge is 0.462 e. The van der Waals surface area contributed by atoms with Crippen molar-refractivity contribution in [1.82, 2.24) is 4.72 Å². The van der Waals surface area contributed by atoms with Gasteiger partial charge in [0.05, 0.1) is 11.5 Å². The van der Waals surface area contributed by atoms with Crippen molar-refractivity contribution in [2.24, 2.45) is 0 Å². The van der Waals surface area contributed by atoms with E-state index in [0.717, 1.165) is 12.1 Å². The van der Waals surface area contributed by atoms with E-state index in [-0.39, 0.29) is 25.1 Å². The summed E-state index contributed by atoms with van der Waals surface area (Å²) in [6, 6.07) is 5.05. The number of nitrogens with zero attached hydrogens (tertiary/aromatic N) is 1. The molecule has 22 heavy (non-hydrogen) atoms. The van der Waals surface area contributed by atoms with Gasteiger partial charge in [-0.05, 0) is 19.4 Å². The summed E-state index contributed by atoms with van der Waals surface area (Å²) in [5.74, 6) is -0.554. The van der Waals surface area contributed by atoms with Crippen molar-refractivity contribution in [3.8, 4) is 0 Å². The lowest BCUT2D eigenvalue weighted by atomic mass is 10.3. The molecule has 1 aromatic rings. The number of rotatable bonds is 8. The summed E-state index contributed by atoms with van der Waals surface area (Å²) in [6.45, 7) is 4.91. The minimum atomic E-state index is -4.00. The normalized spacial score (nSPS) is 11.0. The molecule has 1 aromatic carbocycles. The maximum Gasteiger partial charge on any atom is 0.333 e. The van der Waals surface area contributed by atoms with Crippen molar-refractivity contribution >= 4 is 21.7 Å². The number of hydrogen-bond donors (Lipinski definition) is 1. The second-order valence-electron chi connectivity index (χ2n) is 4.39. The van der Waals surface area contributed by atoms with Gasteiger partial charge in [-0.3, -0.25) is 10.1 Å². The predicted octanol–water partition coefficient (Wildman–Crippen LogP) is 1.38. The van der Waals surface area contributed by atoms with Gasteiger partial charge in [0, 0.05) is 18.2 Å². The first kappa shape index (κ1) is 17.8. The van der Waals surface area contributed by atoms with Crippen molar-refractivity contribution in [2.75, 3.05) is 13.2 Å². The second kappa shape index (κ2) is 7.66. The molecule has 0 spiro atoms. The third-order valence-electron chi connectivity index (χ3n) is 2.55. The highest BCUT2D eigenvalue weighted by Crippen LogP contribution is 2.22. The molecular formula is C13H16N2O6S. The number of esters is 1. The maximum atomic E-state index is 12.0. The molecule has 120 valence electrons. The van der Waals surface area contributed by atoms with Gasteiger partial charge in [-0.2, -0.15) is 0 Å². The highest BCUT2D eigenvalue weighted by molar-refractivity contribution is 7.89. The molecule has 0 radical (unpaired) electrons. The number of nitro benzene ring substituents is 1. The van der Waals surface area contributed by atoms with Crippen LogP contribution in [0.25, 0.3) is 0 Å². The summed E-state index contributed by atoms with van der Waals surface area (Å²) in [5.41, 5.74) is -0.246. The Morgan fingerprint density at radius 2 is 2.05 bits per heavy atom. The minimum absolute atomic E-state index is 0.0160. The van der Waals surface area contributed by atoms with Crippen LogP contribution in [0.15, 0.2) is 41.3 Å². The SMILES string of the molecule is C=C(C)C(=O)OCCCNS(=O)(=O)c1ccccc1[N+](=O)[O-]. The Balaban J connectivity index is 2.61. The zero-order chi connectivity index (χ0) is 16.8. The molecule has 0 aliphatic heterocycles. The first-order chi connectivity index (χ1) is 10.3. The molecule has 0 bridgehead atoms. The molecule has 0 heterocycles. The number of hydrogen-bond acceptors (Lipinski definition) is 6. The Morgan fingerprint density at radius 1 is 1.41 bits per heavy atom. The molecule has 8 nitrogen and oxygen atoms in total. The summed E-state index contributed by atoms with van der Waals surface area (Å²) in [5, 5.41) is 10.8. The summed E-state index contributed by atoms with van der Waals surface area (Å²) in [7, 11) is -4.00. The van der Waals surface area contributed by atoms with Gasteiger partial charge in [-0.25, -0.2) is 17.9 Å². The van der Waals surface area contributed by atoms with E-state index in [0.29, 0.717) is 0 Å². The van der Waals surface area contributed by atoms with Gasteiger partial charge in [-0.1, -0.05) is 18.7 Å². The third kappa shape index (κ3) is 4.93. The lowest BCUT2D eigenvalue weighted by Crippen LogP contribution is -2.26. The summed E-state index contributed by atoms with van der Waals surface area (Å²) in [4.78, 5) is 20.8. The smallest absolute Gasteiger partial charge is 0.333 e. The van der Waals surface area contributed by atoms with Crippen molar-refractivity contribution < 1.29 is 22.9 Å². The van der Waals surface area contributed by atoms with Crippen LogP contribution in [-0.2, 0) is 19.6 Å². The van der Waals surface area contributed by atoms with Crippen LogP contribution in [0.2, 0.25) is 0 Å². The van der Waals surface area contributed by atoms with Crippen LogP contribution < -0.4 is 4.72 Å². The minimum Gasteiger partial charge on any atom is -0.462 e. The van der Waals surface area contributed by atoms with E-state index in [9.17, 15) is 23.3 Å². The molecule has 0 aliphatic rings. The monoisotopic (exact) mass is 328 g/mol. The molecular weight excluding hydrogens is 312 g/mol. The molecule has 0 fully saturated rings. The third-order valence-corrected chi connectivity index (χ3v) is 4.05. The highest BCUT2D eigenvalue weighted by Gasteiger charge is 2.24. The summed E-state index contributed by atoms with van der Waals surface area (Å²) >= 11 is 0. The highest BCUT2D eigenvalue weighted by atomic mass is 32.2. The van der Waals surface area contributed by atoms with Gasteiger partial charge in [-0.15, -0.1) is 0 Å². The number of benzene rings is 1. The summed E-state index contributed by atoms with van der Waals surface area (Å²) < 4.78 is 31.1. The quantitative estimate of drug-likeness (QED) is 0.253. The molecule has 9 heteroatoms. The average molecular weight is 328 g/mol. The van der Waals surface area contributed by atoms with E-state index in [1.807, 2.05) is 0 Å². The zero-order valence-electron chi connectivity index (χ0n) is 11.9. The fourth-order valence-electron chi connectivity index (χ4n) is 1.48. The van der Waals surface area contributed by atoms with Crippen LogP contribution >= 0.6 is 0 Å². The number of sulfonamides is 1. The van der Waals surface area contributed by atoms with Crippen LogP contribution in [0, 0.1) is 10.1 Å². The van der Waals surface area contributed by atoms with Gasteiger partial charge in [0.1, 0.15) is 0 Å². The van der Waals surface area contributed by atoms with E-state index >= 15 is 0 Å². The van der Waals surface area contributed by atoms with Crippen LogP contribution in [0.4, 0.5) is 5.69 Å². The first-order valence-corrected chi connectivity index (χ1v) is 7.79. The molecule has 0 aromatic heterocycles. The van der Waals surface area contributed by atoms with Crippen molar-refractivity contribution in [1.29, 1.82) is 0 Å². The standard InChI is InChI=1S/C13H16N2O6S/c1-10(2)13(16)21-9-5-8-14-22(19,20)12-7-4-3-6-11(12)15(17)18/h3-4,6-7,14H,1,5,8-9H2,2H3. The number of carbonyl (C=O) groups is 1. The zero-order valence-corrected chi connectivity index (χ0v) is 12.8. The van der Waals surface area contributed by atoms with E-state index < -0.39 is 31.5 Å². The molecule has 0 atom stereocenters. The van der Waals surface area contributed by atoms with Crippen LogP contribution in [0.1, 0.15) is 13.3 Å². The van der Waals surface area contributed by atoms with E-state index in [1.54, 1.807) is 0 Å². The van der Waals surface area contributed by atoms with Gasteiger partial charge < -0.3 is 4.74 Å². The molecule has 0 amide bonds. The number of nitro groups is 1. The number of carbonyl (C=O) groups excluding carboxylic acids is 1. The molecule has 0 saturated carbocycles. The maximum absolute atomic E-state index is 12.0. The molecule has 1 N–H and O–H groups in total. The fraction of sp³-hybridized carbons (Fsp3) is 0.308. The van der Waals surface area contributed by atoms with Crippen LogP contribution in [0.3, 0.4) is 0 Å². The Bertz CT molecular complexity index is 684. The second-order valence-corrected chi connectivity index (χ2v) is 6.13. The van der Waals surface area contributed by atoms with E-state index in [2.05, 4.69) is 11.3 Å². The lowest BCUT2D eigenvalue weighted by molar-refractivity contribution is -0.387. The Hall–Kier alpha value is -2.26. The van der Waals surface area contributed by atoms with Gasteiger partial charge >= 0.3 is 5.97 Å². The number of para-hydroxylation sites is 1. The summed E-state index contributed by atoms with van der Waals surface area (Å²) in [6.07, 6.45) is 0.235. The molecule has 0 saturated heterocycles. The van der Waals surface area contributed by atoms with Crippen LogP contribution in [0.5, 0.6) is 0 Å². The fourth-order valence-corrected chi connectivity index (χ4v) is 2.72. The molecule has 1 rings (SSSR count). The van der Waals surface area contributed by atoms with E-state index in [4.69, 9.17) is 4.74 Å². The molecule has 0 unspecified atom stereocenters. The van der Waals surface area contributed by atoms with Crippen LogP contribution in [-0.4, -0.2) is 32.5 Å². The van der Waals surface area contributed by atoms with E-state index in [1.165, 1.54) is 19.1 Å². The Labute approximate surface area is 128 Å². The lowest BCUT2D eigenvalue weighted by Gasteiger charge is -2.07. The van der Waals surface area contributed by atoms with Crippen molar-refractivity contribution in [2.45, 2.75) is 18.2 Å². The first-order valence-electron chi connectivity index (χ1n) is 6.31. The topological polar surface area (TPSA) is 116 Å². The van der Waals surface area contributed by atoms with Gasteiger partial charge in [0.25, 0.3) is 5.69 Å². The Morgan fingerprint density at radius 3 is 2.64 bits per heavy atom. The van der Waals surface area contributed by atoms with Gasteiger partial charge in [0.15, 0.2) is 4.90 Å².